The third-order valence-electron chi connectivity index (χ3n) is 3.84. The summed E-state index contributed by atoms with van der Waals surface area (Å²) in [7, 11) is 0. The van der Waals surface area contributed by atoms with Crippen LogP contribution in [0.1, 0.15) is 57.6 Å². The van der Waals surface area contributed by atoms with Crippen LogP contribution in [0.2, 0.25) is 0 Å². The Bertz CT molecular complexity index is 366. The zero-order valence-electron chi connectivity index (χ0n) is 11.0. The number of nitrogens with zero attached hydrogens (tertiary/aromatic N) is 1. The van der Waals surface area contributed by atoms with Crippen molar-refractivity contribution in [3.8, 4) is 0 Å². The van der Waals surface area contributed by atoms with Crippen molar-refractivity contribution in [3.05, 3.63) is 35.9 Å². The minimum absolute atomic E-state index is 0.318. The highest BCUT2D eigenvalue weighted by Crippen LogP contribution is 2.27. The zero-order chi connectivity index (χ0) is 12.1. The first-order chi connectivity index (χ1) is 8.31. The highest BCUT2D eigenvalue weighted by molar-refractivity contribution is 5.87. The molecule has 1 aliphatic rings. The molecule has 1 nitrogen and oxygen atoms in total. The summed E-state index contributed by atoms with van der Waals surface area (Å²) in [5.41, 5.74) is 2.80. The van der Waals surface area contributed by atoms with Crippen molar-refractivity contribution < 1.29 is 0 Å². The average Bonchev–Trinajstić information content (AvgIpc) is 2.40. The highest BCUT2D eigenvalue weighted by Gasteiger charge is 2.19. The van der Waals surface area contributed by atoms with E-state index in [9.17, 15) is 0 Å². The quantitative estimate of drug-likeness (QED) is 0.706. The van der Waals surface area contributed by atoms with Crippen molar-refractivity contribution in [3.63, 3.8) is 0 Å². The fraction of sp³-hybridized carbons (Fsp3) is 0.562. The van der Waals surface area contributed by atoms with Gasteiger partial charge in [-0.2, -0.15) is 0 Å². The smallest absolute Gasteiger partial charge is 0.0720 e. The van der Waals surface area contributed by atoms with Gasteiger partial charge in [-0.15, -0.1) is 0 Å². The first-order valence-corrected chi connectivity index (χ1v) is 6.92. The Morgan fingerprint density at radius 2 is 2.00 bits per heavy atom. The van der Waals surface area contributed by atoms with Crippen molar-refractivity contribution in [1.29, 1.82) is 0 Å². The van der Waals surface area contributed by atoms with Gasteiger partial charge in [0.2, 0.25) is 0 Å². The second-order valence-corrected chi connectivity index (χ2v) is 5.06. The van der Waals surface area contributed by atoms with Crippen LogP contribution in [0, 0.1) is 5.92 Å². The van der Waals surface area contributed by atoms with Crippen LogP contribution in [-0.2, 0) is 0 Å². The molecule has 2 rings (SSSR count). The molecule has 0 heterocycles. The van der Waals surface area contributed by atoms with Crippen LogP contribution in [0.3, 0.4) is 0 Å². The molecule has 0 aromatic heterocycles. The van der Waals surface area contributed by atoms with Crippen molar-refractivity contribution in [2.75, 3.05) is 0 Å². The molecule has 2 atom stereocenters. The lowest BCUT2D eigenvalue weighted by atomic mass is 9.85. The minimum Gasteiger partial charge on any atom is -0.286 e. The lowest BCUT2D eigenvalue weighted by molar-refractivity contribution is 0.509. The van der Waals surface area contributed by atoms with E-state index in [-0.39, 0.29) is 0 Å². The highest BCUT2D eigenvalue weighted by atomic mass is 14.8. The lowest BCUT2D eigenvalue weighted by Gasteiger charge is -2.24. The standard InChI is InChI=1S/C16H23N/c1-3-14-9-7-8-12-16(14)17-13(2)15-10-5-4-6-11-15/h4-6,10-11,13-14H,3,7-9,12H2,1-2H3/t13-,14?/m1/s1. The van der Waals surface area contributed by atoms with Gasteiger partial charge in [0.1, 0.15) is 0 Å². The molecule has 92 valence electrons. The fourth-order valence-corrected chi connectivity index (χ4v) is 2.73. The van der Waals surface area contributed by atoms with Crippen LogP contribution < -0.4 is 0 Å². The van der Waals surface area contributed by atoms with Crippen LogP contribution in [0.4, 0.5) is 0 Å². The molecule has 1 aromatic carbocycles. The lowest BCUT2D eigenvalue weighted by Crippen LogP contribution is -2.19. The van der Waals surface area contributed by atoms with E-state index < -0.39 is 0 Å². The summed E-state index contributed by atoms with van der Waals surface area (Å²) in [6, 6.07) is 10.9. The van der Waals surface area contributed by atoms with E-state index in [0.717, 1.165) is 5.92 Å². The number of benzene rings is 1. The summed E-state index contributed by atoms with van der Waals surface area (Å²) in [6.45, 7) is 4.50. The van der Waals surface area contributed by atoms with Crippen LogP contribution in [0.5, 0.6) is 0 Å². The predicted octanol–water partition coefficient (Wildman–Crippen LogP) is 4.79. The van der Waals surface area contributed by atoms with Crippen LogP contribution in [0.25, 0.3) is 0 Å². The number of hydrogen-bond acceptors (Lipinski definition) is 1. The number of aliphatic imine (C=N–C) groups is 1. The molecule has 1 aliphatic carbocycles. The molecule has 0 N–H and O–H groups in total. The molecular weight excluding hydrogens is 206 g/mol. The van der Waals surface area contributed by atoms with Crippen molar-refractivity contribution in [1.82, 2.24) is 0 Å². The van der Waals surface area contributed by atoms with E-state index in [2.05, 4.69) is 44.2 Å². The van der Waals surface area contributed by atoms with Gasteiger partial charge in [0, 0.05) is 5.71 Å². The molecule has 1 saturated carbocycles. The van der Waals surface area contributed by atoms with Gasteiger partial charge in [-0.25, -0.2) is 0 Å². The summed E-state index contributed by atoms with van der Waals surface area (Å²) in [5.74, 6) is 0.745. The molecule has 1 aromatic rings. The van der Waals surface area contributed by atoms with Gasteiger partial charge in [0.25, 0.3) is 0 Å². The third kappa shape index (κ3) is 3.18. The summed E-state index contributed by atoms with van der Waals surface area (Å²) in [6.07, 6.45) is 6.53. The van der Waals surface area contributed by atoms with E-state index in [4.69, 9.17) is 4.99 Å². The number of rotatable bonds is 3. The van der Waals surface area contributed by atoms with E-state index in [0.29, 0.717) is 6.04 Å². The van der Waals surface area contributed by atoms with Gasteiger partial charge in [0.15, 0.2) is 0 Å². The Morgan fingerprint density at radius 1 is 1.24 bits per heavy atom. The van der Waals surface area contributed by atoms with E-state index in [1.54, 1.807) is 0 Å². The fourth-order valence-electron chi connectivity index (χ4n) is 2.73. The molecule has 17 heavy (non-hydrogen) atoms. The maximum Gasteiger partial charge on any atom is 0.0720 e. The van der Waals surface area contributed by atoms with Crippen molar-refractivity contribution >= 4 is 5.71 Å². The summed E-state index contributed by atoms with van der Waals surface area (Å²) in [5, 5.41) is 0. The molecule has 0 amide bonds. The number of hydrogen-bond donors (Lipinski definition) is 0. The van der Waals surface area contributed by atoms with Gasteiger partial charge in [-0.1, -0.05) is 43.7 Å². The molecule has 1 fully saturated rings. The van der Waals surface area contributed by atoms with E-state index in [1.807, 2.05) is 0 Å². The molecule has 1 heteroatoms. The molecule has 0 bridgehead atoms. The molecular formula is C16H23N. The van der Waals surface area contributed by atoms with Crippen LogP contribution >= 0.6 is 0 Å². The van der Waals surface area contributed by atoms with Gasteiger partial charge in [0.05, 0.1) is 6.04 Å². The SMILES string of the molecule is CCC1CCCCC1=N[C@H](C)c1ccccc1. The van der Waals surface area contributed by atoms with Gasteiger partial charge < -0.3 is 0 Å². The Balaban J connectivity index is 2.12. The monoisotopic (exact) mass is 229 g/mol. The van der Waals surface area contributed by atoms with Crippen LogP contribution in [-0.4, -0.2) is 5.71 Å². The largest absolute Gasteiger partial charge is 0.286 e. The first kappa shape index (κ1) is 12.3. The molecule has 0 aliphatic heterocycles. The van der Waals surface area contributed by atoms with Crippen molar-refractivity contribution in [2.45, 2.75) is 52.0 Å². The summed E-state index contributed by atoms with van der Waals surface area (Å²) < 4.78 is 0. The Morgan fingerprint density at radius 3 is 2.71 bits per heavy atom. The topological polar surface area (TPSA) is 12.4 Å². The Hall–Kier alpha value is -1.11. The third-order valence-corrected chi connectivity index (χ3v) is 3.84. The maximum atomic E-state index is 4.98. The minimum atomic E-state index is 0.318. The second kappa shape index (κ2) is 6.00. The van der Waals surface area contributed by atoms with Gasteiger partial charge in [-0.3, -0.25) is 4.99 Å². The van der Waals surface area contributed by atoms with Gasteiger partial charge in [-0.05, 0) is 44.1 Å². The zero-order valence-corrected chi connectivity index (χ0v) is 11.0. The predicted molar refractivity (Wildman–Crippen MR) is 74.5 cm³/mol. The van der Waals surface area contributed by atoms with Gasteiger partial charge >= 0.3 is 0 Å². The molecule has 0 saturated heterocycles. The van der Waals surface area contributed by atoms with Crippen LogP contribution in [0.15, 0.2) is 35.3 Å². The summed E-state index contributed by atoms with van der Waals surface area (Å²) in [4.78, 5) is 4.98. The molecule has 0 spiro atoms. The molecule has 1 unspecified atom stereocenters. The Kier molecular flexibility index (Phi) is 4.36. The Labute approximate surface area is 105 Å². The van der Waals surface area contributed by atoms with Crippen molar-refractivity contribution in [2.24, 2.45) is 10.9 Å². The normalized spacial score (nSPS) is 24.8. The van der Waals surface area contributed by atoms with E-state index >= 15 is 0 Å². The average molecular weight is 229 g/mol. The first-order valence-electron chi connectivity index (χ1n) is 6.92. The second-order valence-electron chi connectivity index (χ2n) is 5.06. The summed E-state index contributed by atoms with van der Waals surface area (Å²) >= 11 is 0. The van der Waals surface area contributed by atoms with E-state index in [1.165, 1.54) is 43.4 Å². The maximum absolute atomic E-state index is 4.98. The molecule has 0 radical (unpaired) electrons.